The van der Waals surface area contributed by atoms with Gasteiger partial charge in [0.05, 0.1) is 22.6 Å². The Morgan fingerprint density at radius 2 is 1.78 bits per heavy atom. The monoisotopic (exact) mass is 326 g/mol. The fourth-order valence-corrected chi connectivity index (χ4v) is 2.37. The molecule has 0 amide bonds. The van der Waals surface area contributed by atoms with Crippen LogP contribution in [0.3, 0.4) is 0 Å². The summed E-state index contributed by atoms with van der Waals surface area (Å²) in [4.78, 5) is 10.8. The van der Waals surface area contributed by atoms with E-state index in [0.717, 1.165) is 0 Å². The van der Waals surface area contributed by atoms with Gasteiger partial charge < -0.3 is 19.4 Å². The SMILES string of the molecule is N#C/C(=C/c1cc2c(cc1Cl)OCO2)c1ccc(C(=O)[O-])cc1. The molecule has 1 heterocycles. The highest BCUT2D eigenvalue weighted by atomic mass is 35.5. The summed E-state index contributed by atoms with van der Waals surface area (Å²) < 4.78 is 10.5. The molecule has 2 aromatic rings. The molecule has 0 saturated heterocycles. The van der Waals surface area contributed by atoms with Crippen molar-refractivity contribution in [2.24, 2.45) is 0 Å². The number of carboxylic acids is 1. The fraction of sp³-hybridized carbons (Fsp3) is 0.0588. The molecule has 0 aromatic heterocycles. The Labute approximate surface area is 136 Å². The lowest BCUT2D eigenvalue weighted by atomic mass is 10.0. The van der Waals surface area contributed by atoms with Crippen LogP contribution in [0.25, 0.3) is 11.6 Å². The minimum Gasteiger partial charge on any atom is -0.545 e. The average molecular weight is 327 g/mol. The second-order valence-corrected chi connectivity index (χ2v) is 5.17. The van der Waals surface area contributed by atoms with Gasteiger partial charge in [0, 0.05) is 6.07 Å². The lowest BCUT2D eigenvalue weighted by Gasteiger charge is -2.05. The van der Waals surface area contributed by atoms with E-state index >= 15 is 0 Å². The van der Waals surface area contributed by atoms with Crippen LogP contribution < -0.4 is 14.6 Å². The number of nitrogens with zero attached hydrogens (tertiary/aromatic N) is 1. The number of benzene rings is 2. The first-order valence-corrected chi connectivity index (χ1v) is 6.99. The van der Waals surface area contributed by atoms with E-state index in [-0.39, 0.29) is 12.4 Å². The van der Waals surface area contributed by atoms with Crippen molar-refractivity contribution in [2.45, 2.75) is 0 Å². The van der Waals surface area contributed by atoms with Crippen LogP contribution in [0, 0.1) is 11.3 Å². The Morgan fingerprint density at radius 3 is 2.39 bits per heavy atom. The number of rotatable bonds is 3. The van der Waals surface area contributed by atoms with Crippen molar-refractivity contribution < 1.29 is 19.4 Å². The van der Waals surface area contributed by atoms with E-state index in [4.69, 9.17) is 21.1 Å². The van der Waals surface area contributed by atoms with Crippen LogP contribution in [-0.4, -0.2) is 12.8 Å². The summed E-state index contributed by atoms with van der Waals surface area (Å²) in [5.41, 5.74) is 1.57. The van der Waals surface area contributed by atoms with Crippen LogP contribution in [0.5, 0.6) is 11.5 Å². The van der Waals surface area contributed by atoms with Crippen molar-refractivity contribution in [3.8, 4) is 17.6 Å². The molecular weight excluding hydrogens is 318 g/mol. The Hall–Kier alpha value is -2.97. The molecule has 1 aliphatic heterocycles. The molecule has 0 fully saturated rings. The molecule has 2 aromatic carbocycles. The Balaban J connectivity index is 1.99. The topological polar surface area (TPSA) is 82.4 Å². The summed E-state index contributed by atoms with van der Waals surface area (Å²) in [7, 11) is 0. The zero-order valence-electron chi connectivity index (χ0n) is 11.7. The van der Waals surface area contributed by atoms with Gasteiger partial charge in [-0.15, -0.1) is 0 Å². The third-order valence-corrected chi connectivity index (χ3v) is 3.67. The Morgan fingerprint density at radius 1 is 1.17 bits per heavy atom. The molecule has 23 heavy (non-hydrogen) atoms. The van der Waals surface area contributed by atoms with Crippen LogP contribution >= 0.6 is 11.6 Å². The zero-order chi connectivity index (χ0) is 16.4. The molecule has 1 aliphatic rings. The lowest BCUT2D eigenvalue weighted by Crippen LogP contribution is -2.21. The van der Waals surface area contributed by atoms with Gasteiger partial charge in [0.1, 0.15) is 0 Å². The van der Waals surface area contributed by atoms with Crippen LogP contribution in [0.1, 0.15) is 21.5 Å². The Kier molecular flexibility index (Phi) is 3.92. The standard InChI is InChI=1S/C17H10ClNO4/c18-14-7-16-15(22-9-23-16)6-12(14)5-13(8-19)10-1-3-11(4-2-10)17(20)21/h1-7H,9H2,(H,20,21)/p-1/b13-5-. The van der Waals surface area contributed by atoms with Gasteiger partial charge in [-0.3, -0.25) is 0 Å². The van der Waals surface area contributed by atoms with E-state index < -0.39 is 5.97 Å². The Bertz CT molecular complexity index is 850. The third-order valence-electron chi connectivity index (χ3n) is 3.34. The van der Waals surface area contributed by atoms with Crippen molar-refractivity contribution in [3.05, 3.63) is 58.1 Å². The zero-order valence-corrected chi connectivity index (χ0v) is 12.5. The van der Waals surface area contributed by atoms with Crippen molar-refractivity contribution in [2.75, 3.05) is 6.79 Å². The van der Waals surface area contributed by atoms with Gasteiger partial charge >= 0.3 is 0 Å². The van der Waals surface area contributed by atoms with Crippen molar-refractivity contribution in [3.63, 3.8) is 0 Å². The smallest absolute Gasteiger partial charge is 0.231 e. The van der Waals surface area contributed by atoms with Crippen molar-refractivity contribution in [1.82, 2.24) is 0 Å². The molecule has 0 atom stereocenters. The maximum absolute atomic E-state index is 10.8. The summed E-state index contributed by atoms with van der Waals surface area (Å²) in [5.74, 6) is -0.146. The molecule has 5 nitrogen and oxygen atoms in total. The number of carboxylic acid groups (broad SMARTS) is 1. The molecule has 0 saturated carbocycles. The largest absolute Gasteiger partial charge is 0.545 e. The summed E-state index contributed by atoms with van der Waals surface area (Å²) in [6, 6.07) is 11.3. The molecule has 0 bridgehead atoms. The second kappa shape index (κ2) is 6.03. The van der Waals surface area contributed by atoms with Crippen LogP contribution in [0.2, 0.25) is 5.02 Å². The minimum atomic E-state index is -1.27. The summed E-state index contributed by atoms with van der Waals surface area (Å²) >= 11 is 6.19. The van der Waals surface area contributed by atoms with E-state index in [1.54, 1.807) is 30.3 Å². The first-order chi connectivity index (χ1) is 11.1. The number of allylic oxidation sites excluding steroid dienone is 1. The van der Waals surface area contributed by atoms with E-state index in [2.05, 4.69) is 6.07 Å². The second-order valence-electron chi connectivity index (χ2n) is 4.76. The van der Waals surface area contributed by atoms with Gasteiger partial charge in [-0.1, -0.05) is 35.9 Å². The quantitative estimate of drug-likeness (QED) is 0.639. The number of nitriles is 1. The predicted molar refractivity (Wildman–Crippen MR) is 81.8 cm³/mol. The molecule has 0 spiro atoms. The first kappa shape index (κ1) is 14.9. The fourth-order valence-electron chi connectivity index (χ4n) is 2.17. The van der Waals surface area contributed by atoms with Crippen LogP contribution in [0.15, 0.2) is 36.4 Å². The maximum Gasteiger partial charge on any atom is 0.231 e. The molecule has 0 unspecified atom stereocenters. The minimum absolute atomic E-state index is 0.0483. The molecular formula is C17H9ClNO4-. The van der Waals surface area contributed by atoms with E-state index in [9.17, 15) is 15.2 Å². The van der Waals surface area contributed by atoms with Gasteiger partial charge in [0.15, 0.2) is 11.5 Å². The normalized spacial score (nSPS) is 12.8. The molecule has 0 radical (unpaired) electrons. The number of carbonyl (C=O) groups excluding carboxylic acids is 1. The average Bonchev–Trinajstić information content (AvgIpc) is 2.99. The number of ether oxygens (including phenoxy) is 2. The summed E-state index contributed by atoms with van der Waals surface area (Å²) in [6.45, 7) is 0.134. The predicted octanol–water partition coefficient (Wildman–Crippen LogP) is 2.50. The number of halogens is 1. The highest BCUT2D eigenvalue weighted by Gasteiger charge is 2.16. The van der Waals surface area contributed by atoms with Crippen molar-refractivity contribution >= 4 is 29.2 Å². The first-order valence-electron chi connectivity index (χ1n) is 6.61. The van der Waals surface area contributed by atoms with Gasteiger partial charge in [0.2, 0.25) is 6.79 Å². The van der Waals surface area contributed by atoms with E-state index in [0.29, 0.717) is 33.2 Å². The highest BCUT2D eigenvalue weighted by Crippen LogP contribution is 2.38. The lowest BCUT2D eigenvalue weighted by molar-refractivity contribution is -0.255. The van der Waals surface area contributed by atoms with E-state index in [1.165, 1.54) is 12.1 Å². The highest BCUT2D eigenvalue weighted by molar-refractivity contribution is 6.32. The number of aromatic carboxylic acids is 1. The molecule has 0 aliphatic carbocycles. The summed E-state index contributed by atoms with van der Waals surface area (Å²) in [6.07, 6.45) is 1.61. The van der Waals surface area contributed by atoms with Crippen molar-refractivity contribution in [1.29, 1.82) is 5.26 Å². The molecule has 0 N–H and O–H groups in total. The third kappa shape index (κ3) is 2.98. The molecule has 114 valence electrons. The van der Waals surface area contributed by atoms with Crippen LogP contribution in [0.4, 0.5) is 0 Å². The molecule has 3 rings (SSSR count). The number of carbonyl (C=O) groups is 1. The number of fused-ring (bicyclic) bond motifs is 1. The van der Waals surface area contributed by atoms with Gasteiger partial charge in [-0.2, -0.15) is 5.26 Å². The maximum atomic E-state index is 10.8. The number of hydrogen-bond acceptors (Lipinski definition) is 5. The van der Waals surface area contributed by atoms with E-state index in [1.807, 2.05) is 0 Å². The van der Waals surface area contributed by atoms with Gasteiger partial charge in [0.25, 0.3) is 0 Å². The van der Waals surface area contributed by atoms with Gasteiger partial charge in [-0.05, 0) is 28.8 Å². The molecule has 6 heteroatoms. The summed E-state index contributed by atoms with van der Waals surface area (Å²) in [5, 5.41) is 20.5. The van der Waals surface area contributed by atoms with Crippen LogP contribution in [-0.2, 0) is 0 Å². The van der Waals surface area contributed by atoms with Gasteiger partial charge in [-0.25, -0.2) is 0 Å². The number of hydrogen-bond donors (Lipinski definition) is 0.